The number of fused-ring (bicyclic) bond motifs is 8. The highest BCUT2D eigenvalue weighted by molar-refractivity contribution is 6.04. The highest BCUT2D eigenvalue weighted by atomic mass is 15.2. The van der Waals surface area contributed by atoms with E-state index in [0.29, 0.717) is 0 Å². The second-order valence-electron chi connectivity index (χ2n) is 26.3. The number of hydrogen-bond acceptors (Lipinski definition) is 2. The summed E-state index contributed by atoms with van der Waals surface area (Å²) in [6.45, 7) is 4.58. The molecule has 0 heterocycles. The number of para-hydroxylation sites is 2. The molecule has 0 fully saturated rings. The summed E-state index contributed by atoms with van der Waals surface area (Å²) in [7, 11) is 0. The van der Waals surface area contributed by atoms with Gasteiger partial charge in [-0.3, -0.25) is 0 Å². The van der Waals surface area contributed by atoms with E-state index in [1.165, 1.54) is 99.4 Å². The SMILES string of the molecule is Cc1cc(-c2ccc(N(c3ccc4c(c3)C(c3ccccc3)(c3ccccc3)c3ccccc3-4)c3ccccc3-c3cccc4ccccc34)c(C)c2)ccc1N(c1ccc2c(c1)C(c1ccccc1)(c1ccccc1)c1ccccc1-2)c1ccccc1-c1cccc2ccccc12. The van der Waals surface area contributed by atoms with Crippen molar-refractivity contribution in [1.82, 2.24) is 0 Å². The molecule has 16 aromatic carbocycles. The smallest absolute Gasteiger partial charge is 0.0714 e. The molecular weight excluding hydrogens is 1180 g/mol. The zero-order valence-electron chi connectivity index (χ0n) is 54.7. The molecule has 0 saturated carbocycles. The third-order valence-corrected chi connectivity index (χ3v) is 21.1. The van der Waals surface area contributed by atoms with E-state index in [2.05, 4.69) is 400 Å². The number of benzene rings is 16. The molecule has 0 amide bonds. The average molecular weight is 1250 g/mol. The van der Waals surface area contributed by atoms with Crippen molar-refractivity contribution >= 4 is 55.7 Å². The molecule has 0 radical (unpaired) electrons. The van der Waals surface area contributed by atoms with Gasteiger partial charge in [-0.25, -0.2) is 0 Å². The van der Waals surface area contributed by atoms with Crippen LogP contribution < -0.4 is 9.80 Å². The maximum atomic E-state index is 2.53. The van der Waals surface area contributed by atoms with Gasteiger partial charge in [-0.2, -0.15) is 0 Å². The van der Waals surface area contributed by atoms with Crippen molar-refractivity contribution in [2.75, 3.05) is 9.80 Å². The van der Waals surface area contributed by atoms with Crippen molar-refractivity contribution in [2.24, 2.45) is 0 Å². The molecule has 2 heteroatoms. The molecule has 0 saturated heterocycles. The van der Waals surface area contributed by atoms with E-state index in [9.17, 15) is 0 Å². The van der Waals surface area contributed by atoms with E-state index in [4.69, 9.17) is 0 Å². The molecule has 2 aliphatic rings. The molecule has 0 spiro atoms. The second-order valence-corrected chi connectivity index (χ2v) is 26.3. The van der Waals surface area contributed by atoms with Crippen molar-refractivity contribution in [1.29, 1.82) is 0 Å². The zero-order valence-corrected chi connectivity index (χ0v) is 54.7. The maximum absolute atomic E-state index is 2.53. The normalized spacial score (nSPS) is 13.0. The number of aryl methyl sites for hydroxylation is 2. The standard InChI is InChI=1S/C96H68N2/c1-65-61-69(53-59-91(65)97(93-51-25-21-45-85(93)79-47-27-31-67-29-15-17-41-77(67)79)75-55-57-83-81-43-19-23-49-87(81)95(89(83)63-75,71-33-7-3-8-34-71)72-35-9-4-10-36-72)70-54-60-92(66(2)62-70)98(94-52-26-22-46-86(94)80-48-28-32-68-30-16-18-42-78(68)80)76-56-58-84-82-44-20-24-50-88(82)96(90(84)64-76,73-37-11-5-12-38-73)74-39-13-6-14-40-74/h3-64H,1-2H3. The molecule has 0 aromatic heterocycles. The summed E-state index contributed by atoms with van der Waals surface area (Å²) in [6.07, 6.45) is 0. The first kappa shape index (κ1) is 58.2. The van der Waals surface area contributed by atoms with Crippen LogP contribution in [0.5, 0.6) is 0 Å². The van der Waals surface area contributed by atoms with Gasteiger partial charge in [0.05, 0.1) is 22.2 Å². The summed E-state index contributed by atoms with van der Waals surface area (Å²) in [4.78, 5) is 5.05. The van der Waals surface area contributed by atoms with Crippen LogP contribution in [-0.4, -0.2) is 0 Å². The fraction of sp³-hybridized carbons (Fsp3) is 0.0417. The van der Waals surface area contributed by atoms with Gasteiger partial charge in [0, 0.05) is 33.9 Å². The third-order valence-electron chi connectivity index (χ3n) is 21.1. The molecule has 16 aromatic rings. The van der Waals surface area contributed by atoms with Crippen molar-refractivity contribution in [3.05, 3.63) is 432 Å². The van der Waals surface area contributed by atoms with Crippen LogP contribution in [0.1, 0.15) is 55.6 Å². The van der Waals surface area contributed by atoms with Gasteiger partial charge in [-0.1, -0.05) is 315 Å². The summed E-state index contributed by atoms with van der Waals surface area (Å²) in [6, 6.07) is 140. The van der Waals surface area contributed by atoms with Crippen LogP contribution >= 0.6 is 0 Å². The summed E-state index contributed by atoms with van der Waals surface area (Å²) in [5.41, 5.74) is 29.8. The highest BCUT2D eigenvalue weighted by Gasteiger charge is 2.48. The molecule has 462 valence electrons. The van der Waals surface area contributed by atoms with Gasteiger partial charge in [0.2, 0.25) is 0 Å². The molecule has 98 heavy (non-hydrogen) atoms. The van der Waals surface area contributed by atoms with Crippen LogP contribution in [-0.2, 0) is 10.8 Å². The van der Waals surface area contributed by atoms with Gasteiger partial charge < -0.3 is 9.80 Å². The molecular formula is C96H68N2. The van der Waals surface area contributed by atoms with Crippen LogP contribution in [0.15, 0.2) is 376 Å². The summed E-state index contributed by atoms with van der Waals surface area (Å²) >= 11 is 0. The Morgan fingerprint density at radius 3 is 0.898 bits per heavy atom. The predicted molar refractivity (Wildman–Crippen MR) is 411 cm³/mol. The molecule has 0 aliphatic heterocycles. The van der Waals surface area contributed by atoms with Gasteiger partial charge in [-0.15, -0.1) is 0 Å². The van der Waals surface area contributed by atoms with Crippen molar-refractivity contribution in [3.63, 3.8) is 0 Å². The van der Waals surface area contributed by atoms with E-state index in [-0.39, 0.29) is 0 Å². The van der Waals surface area contributed by atoms with Crippen LogP contribution in [0.25, 0.3) is 77.2 Å². The van der Waals surface area contributed by atoms with Crippen LogP contribution in [0.3, 0.4) is 0 Å². The quantitative estimate of drug-likeness (QED) is 0.114. The Morgan fingerprint density at radius 2 is 0.510 bits per heavy atom. The molecule has 0 N–H and O–H groups in total. The van der Waals surface area contributed by atoms with Gasteiger partial charge in [-0.05, 0) is 196 Å². The Kier molecular flexibility index (Phi) is 14.2. The highest BCUT2D eigenvalue weighted by Crippen LogP contribution is 2.60. The lowest BCUT2D eigenvalue weighted by Crippen LogP contribution is -2.28. The van der Waals surface area contributed by atoms with E-state index < -0.39 is 10.8 Å². The van der Waals surface area contributed by atoms with Crippen LogP contribution in [0.4, 0.5) is 34.1 Å². The minimum absolute atomic E-state index is 0.580. The van der Waals surface area contributed by atoms with E-state index in [0.717, 1.165) is 67.5 Å². The zero-order chi connectivity index (χ0) is 65.3. The van der Waals surface area contributed by atoms with Crippen molar-refractivity contribution < 1.29 is 0 Å². The Labute approximate surface area is 574 Å². The fourth-order valence-electron chi connectivity index (χ4n) is 16.8. The second kappa shape index (κ2) is 23.8. The first-order chi connectivity index (χ1) is 48.5. The van der Waals surface area contributed by atoms with Gasteiger partial charge in [0.1, 0.15) is 0 Å². The Balaban J connectivity index is 0.811. The van der Waals surface area contributed by atoms with Gasteiger partial charge in [0.25, 0.3) is 0 Å². The topological polar surface area (TPSA) is 6.48 Å². The van der Waals surface area contributed by atoms with E-state index in [1.807, 2.05) is 0 Å². The van der Waals surface area contributed by atoms with Crippen LogP contribution in [0, 0.1) is 13.8 Å². The summed E-state index contributed by atoms with van der Waals surface area (Å²) < 4.78 is 0. The Hall–Kier alpha value is -12.4. The Bertz CT molecular complexity index is 5290. The number of anilines is 6. The van der Waals surface area contributed by atoms with Crippen LogP contribution in [0.2, 0.25) is 0 Å². The van der Waals surface area contributed by atoms with E-state index in [1.54, 1.807) is 0 Å². The minimum Gasteiger partial charge on any atom is -0.310 e. The minimum atomic E-state index is -0.580. The lowest BCUT2D eigenvalue weighted by atomic mass is 9.67. The molecule has 2 aliphatic carbocycles. The lowest BCUT2D eigenvalue weighted by molar-refractivity contribution is 0.768. The summed E-state index contributed by atoms with van der Waals surface area (Å²) in [5.74, 6) is 0. The number of rotatable bonds is 13. The predicted octanol–water partition coefficient (Wildman–Crippen LogP) is 25.3. The molecule has 0 unspecified atom stereocenters. The van der Waals surface area contributed by atoms with Gasteiger partial charge >= 0.3 is 0 Å². The fourth-order valence-corrected chi connectivity index (χ4v) is 16.8. The summed E-state index contributed by atoms with van der Waals surface area (Å²) in [5, 5.41) is 4.86. The largest absolute Gasteiger partial charge is 0.310 e. The average Bonchev–Trinajstić information content (AvgIpc) is 1.54. The first-order valence-corrected chi connectivity index (χ1v) is 34.1. The third kappa shape index (κ3) is 9.17. The lowest BCUT2D eigenvalue weighted by Gasteiger charge is -2.35. The van der Waals surface area contributed by atoms with Crippen molar-refractivity contribution in [3.8, 4) is 55.6 Å². The molecule has 0 bridgehead atoms. The molecule has 18 rings (SSSR count). The maximum Gasteiger partial charge on any atom is 0.0714 e. The monoisotopic (exact) mass is 1250 g/mol. The van der Waals surface area contributed by atoms with Crippen molar-refractivity contribution in [2.45, 2.75) is 24.7 Å². The number of hydrogen-bond donors (Lipinski definition) is 0. The van der Waals surface area contributed by atoms with Gasteiger partial charge in [0.15, 0.2) is 0 Å². The molecule has 2 nitrogen and oxygen atoms in total. The number of nitrogens with zero attached hydrogens (tertiary/aromatic N) is 2. The Morgan fingerprint density at radius 1 is 0.204 bits per heavy atom. The first-order valence-electron chi connectivity index (χ1n) is 34.1. The van der Waals surface area contributed by atoms with E-state index >= 15 is 0 Å². The molecule has 0 atom stereocenters.